The van der Waals surface area contributed by atoms with Crippen LogP contribution in [0.2, 0.25) is 0 Å². The molecule has 0 bridgehead atoms. The fourth-order valence-corrected chi connectivity index (χ4v) is 2.54. The molecule has 0 aliphatic rings. The average Bonchev–Trinajstić information content (AvgIpc) is 2.98. The van der Waals surface area contributed by atoms with Crippen LogP contribution in [0.3, 0.4) is 0 Å². The van der Waals surface area contributed by atoms with Gasteiger partial charge < -0.3 is 11.1 Å². The molecule has 0 aliphatic carbocycles. The fraction of sp³-hybridized carbons (Fsp3) is 0.333. The number of nitrogens with zero attached hydrogens (tertiary/aromatic N) is 1. The third-order valence-electron chi connectivity index (χ3n) is 3.32. The standard InChI is InChI=1S/C15H19N3OS/c1-10(11(2)16)14(19)18-13(15-17-8-9-20-15)12-6-4-3-5-7-12/h3-11,13H,16H2,1-2H3,(H,18,19). The van der Waals surface area contributed by atoms with Gasteiger partial charge in [-0.1, -0.05) is 37.3 Å². The van der Waals surface area contributed by atoms with Gasteiger partial charge in [-0.15, -0.1) is 11.3 Å². The molecule has 0 radical (unpaired) electrons. The van der Waals surface area contributed by atoms with E-state index in [-0.39, 0.29) is 23.9 Å². The van der Waals surface area contributed by atoms with Crippen molar-refractivity contribution in [3.8, 4) is 0 Å². The van der Waals surface area contributed by atoms with Crippen molar-refractivity contribution in [3.05, 3.63) is 52.5 Å². The van der Waals surface area contributed by atoms with Gasteiger partial charge in [0.1, 0.15) is 11.0 Å². The molecule has 0 spiro atoms. The number of hydrogen-bond acceptors (Lipinski definition) is 4. The topological polar surface area (TPSA) is 68.0 Å². The molecule has 1 amide bonds. The summed E-state index contributed by atoms with van der Waals surface area (Å²) in [6, 6.07) is 9.45. The molecule has 2 rings (SSSR count). The molecule has 1 aromatic heterocycles. The number of carbonyl (C=O) groups excluding carboxylic acids is 1. The van der Waals surface area contributed by atoms with Crippen LogP contribution in [-0.4, -0.2) is 16.9 Å². The third-order valence-corrected chi connectivity index (χ3v) is 4.16. The van der Waals surface area contributed by atoms with Crippen molar-refractivity contribution >= 4 is 17.2 Å². The minimum absolute atomic E-state index is 0.0518. The Morgan fingerprint density at radius 1 is 1.30 bits per heavy atom. The number of hydrogen-bond donors (Lipinski definition) is 2. The van der Waals surface area contributed by atoms with E-state index in [2.05, 4.69) is 10.3 Å². The summed E-state index contributed by atoms with van der Waals surface area (Å²) in [4.78, 5) is 16.6. The maximum absolute atomic E-state index is 12.2. The van der Waals surface area contributed by atoms with E-state index < -0.39 is 0 Å². The van der Waals surface area contributed by atoms with Crippen molar-refractivity contribution in [3.63, 3.8) is 0 Å². The summed E-state index contributed by atoms with van der Waals surface area (Å²) in [7, 11) is 0. The van der Waals surface area contributed by atoms with Crippen molar-refractivity contribution in [2.24, 2.45) is 11.7 Å². The van der Waals surface area contributed by atoms with Gasteiger partial charge in [0.05, 0.1) is 0 Å². The van der Waals surface area contributed by atoms with Crippen LogP contribution in [0.15, 0.2) is 41.9 Å². The van der Waals surface area contributed by atoms with Crippen LogP contribution < -0.4 is 11.1 Å². The summed E-state index contributed by atoms with van der Waals surface area (Å²) < 4.78 is 0. The Balaban J connectivity index is 2.23. The molecule has 3 unspecified atom stereocenters. The van der Waals surface area contributed by atoms with E-state index in [1.165, 1.54) is 11.3 Å². The molecule has 106 valence electrons. The second kappa shape index (κ2) is 6.63. The molecule has 1 heterocycles. The van der Waals surface area contributed by atoms with Crippen LogP contribution in [0.4, 0.5) is 0 Å². The molecule has 2 aromatic rings. The second-order valence-corrected chi connectivity index (χ2v) is 5.80. The number of amides is 1. The van der Waals surface area contributed by atoms with Gasteiger partial charge in [-0.2, -0.15) is 0 Å². The molecule has 5 heteroatoms. The maximum atomic E-state index is 12.2. The molecule has 0 saturated carbocycles. The highest BCUT2D eigenvalue weighted by Gasteiger charge is 2.23. The highest BCUT2D eigenvalue weighted by Crippen LogP contribution is 2.24. The molecular weight excluding hydrogens is 270 g/mol. The molecule has 4 nitrogen and oxygen atoms in total. The van der Waals surface area contributed by atoms with Crippen molar-refractivity contribution in [2.75, 3.05) is 0 Å². The monoisotopic (exact) mass is 289 g/mol. The summed E-state index contributed by atoms with van der Waals surface area (Å²) in [5, 5.41) is 5.83. The molecule has 20 heavy (non-hydrogen) atoms. The smallest absolute Gasteiger partial charge is 0.225 e. The summed E-state index contributed by atoms with van der Waals surface area (Å²) in [6.45, 7) is 3.68. The highest BCUT2D eigenvalue weighted by atomic mass is 32.1. The number of benzene rings is 1. The normalized spacial score (nSPS) is 15.3. The van der Waals surface area contributed by atoms with Gasteiger partial charge in [-0.05, 0) is 12.5 Å². The van der Waals surface area contributed by atoms with Gasteiger partial charge >= 0.3 is 0 Å². The first kappa shape index (κ1) is 14.7. The Labute approximate surface area is 123 Å². The van der Waals surface area contributed by atoms with Gasteiger partial charge in [0.2, 0.25) is 5.91 Å². The minimum atomic E-state index is -0.235. The predicted octanol–water partition coefficient (Wildman–Crippen LogP) is 2.33. The van der Waals surface area contributed by atoms with E-state index >= 15 is 0 Å². The Bertz CT molecular complexity index is 540. The molecule has 0 saturated heterocycles. The van der Waals surface area contributed by atoms with Gasteiger partial charge in [0, 0.05) is 23.5 Å². The first-order valence-electron chi connectivity index (χ1n) is 6.60. The van der Waals surface area contributed by atoms with Crippen molar-refractivity contribution in [2.45, 2.75) is 25.9 Å². The van der Waals surface area contributed by atoms with Crippen LogP contribution in [0.1, 0.15) is 30.5 Å². The van der Waals surface area contributed by atoms with Crippen LogP contribution in [0, 0.1) is 5.92 Å². The van der Waals surface area contributed by atoms with Gasteiger partial charge in [-0.25, -0.2) is 4.98 Å². The van der Waals surface area contributed by atoms with E-state index in [1.807, 2.05) is 49.6 Å². The molecule has 3 atom stereocenters. The molecular formula is C15H19N3OS. The van der Waals surface area contributed by atoms with Crippen molar-refractivity contribution in [1.82, 2.24) is 10.3 Å². The lowest BCUT2D eigenvalue weighted by Crippen LogP contribution is -2.40. The van der Waals surface area contributed by atoms with E-state index in [0.29, 0.717) is 0 Å². The number of carbonyl (C=O) groups is 1. The fourth-order valence-electron chi connectivity index (χ4n) is 1.82. The van der Waals surface area contributed by atoms with E-state index in [4.69, 9.17) is 5.73 Å². The molecule has 1 aromatic carbocycles. The lowest BCUT2D eigenvalue weighted by atomic mass is 10.0. The predicted molar refractivity (Wildman–Crippen MR) is 81.4 cm³/mol. The number of nitrogens with one attached hydrogen (secondary N) is 1. The van der Waals surface area contributed by atoms with Gasteiger partial charge in [0.25, 0.3) is 0 Å². The zero-order valence-electron chi connectivity index (χ0n) is 11.6. The van der Waals surface area contributed by atoms with E-state index in [0.717, 1.165) is 10.6 Å². The van der Waals surface area contributed by atoms with Crippen molar-refractivity contribution in [1.29, 1.82) is 0 Å². The number of rotatable bonds is 5. The summed E-state index contributed by atoms with van der Waals surface area (Å²) in [5.74, 6) is -0.287. The zero-order valence-corrected chi connectivity index (χ0v) is 12.4. The summed E-state index contributed by atoms with van der Waals surface area (Å²) in [6.07, 6.45) is 1.75. The number of nitrogens with two attached hydrogens (primary N) is 1. The van der Waals surface area contributed by atoms with Crippen LogP contribution in [-0.2, 0) is 4.79 Å². The third kappa shape index (κ3) is 3.43. The Hall–Kier alpha value is -1.72. The van der Waals surface area contributed by atoms with Crippen molar-refractivity contribution < 1.29 is 4.79 Å². The van der Waals surface area contributed by atoms with Crippen LogP contribution in [0.5, 0.6) is 0 Å². The highest BCUT2D eigenvalue weighted by molar-refractivity contribution is 7.09. The quantitative estimate of drug-likeness (QED) is 0.887. The summed E-state index contributed by atoms with van der Waals surface area (Å²) in [5.41, 5.74) is 6.82. The SMILES string of the molecule is CC(N)C(C)C(=O)NC(c1ccccc1)c1nccs1. The molecule has 0 fully saturated rings. The average molecular weight is 289 g/mol. The molecule has 3 N–H and O–H groups in total. The second-order valence-electron chi connectivity index (χ2n) is 4.87. The lowest BCUT2D eigenvalue weighted by Gasteiger charge is -2.21. The van der Waals surface area contributed by atoms with Crippen LogP contribution >= 0.6 is 11.3 Å². The minimum Gasteiger partial charge on any atom is -0.342 e. The number of thiazole rings is 1. The number of aromatic nitrogens is 1. The van der Waals surface area contributed by atoms with Crippen LogP contribution in [0.25, 0.3) is 0 Å². The largest absolute Gasteiger partial charge is 0.342 e. The van der Waals surface area contributed by atoms with E-state index in [1.54, 1.807) is 6.20 Å². The Morgan fingerprint density at radius 3 is 2.55 bits per heavy atom. The van der Waals surface area contributed by atoms with E-state index in [9.17, 15) is 4.79 Å². The first-order valence-corrected chi connectivity index (χ1v) is 7.48. The maximum Gasteiger partial charge on any atom is 0.225 e. The van der Waals surface area contributed by atoms with Gasteiger partial charge in [-0.3, -0.25) is 4.79 Å². The lowest BCUT2D eigenvalue weighted by molar-refractivity contribution is -0.125. The Kier molecular flexibility index (Phi) is 4.87. The molecule has 0 aliphatic heterocycles. The summed E-state index contributed by atoms with van der Waals surface area (Å²) >= 11 is 1.53. The zero-order chi connectivity index (χ0) is 14.5. The first-order chi connectivity index (χ1) is 9.59. The Morgan fingerprint density at radius 2 is 2.00 bits per heavy atom. The van der Waals surface area contributed by atoms with Gasteiger partial charge in [0.15, 0.2) is 0 Å².